The molecule has 6 heteroatoms. The first-order valence-corrected chi connectivity index (χ1v) is 8.92. The molecule has 0 amide bonds. The predicted molar refractivity (Wildman–Crippen MR) is 92.9 cm³/mol. The van der Waals surface area contributed by atoms with Crippen molar-refractivity contribution in [3.63, 3.8) is 0 Å². The van der Waals surface area contributed by atoms with Crippen molar-refractivity contribution in [3.8, 4) is 11.8 Å². The molecule has 0 spiro atoms. The zero-order valence-corrected chi connectivity index (χ0v) is 14.8. The Labute approximate surface area is 148 Å². The number of hydrogen-bond donors (Lipinski definition) is 3. The number of aliphatic carboxylic acids is 1. The number of allylic oxidation sites excluding steroid dienone is 1. The summed E-state index contributed by atoms with van der Waals surface area (Å²) in [6.07, 6.45) is 7.13. The number of aliphatic hydroxyl groups is 2. The van der Waals surface area contributed by atoms with Gasteiger partial charge in [-0.1, -0.05) is 32.1 Å². The third-order valence-corrected chi connectivity index (χ3v) is 4.32. The average molecular weight is 352 g/mol. The Morgan fingerprint density at radius 2 is 2.00 bits per heavy atom. The number of Topliss-reactive ketones (excluding diaryl/α,β-unsaturated/α-hetero) is 1. The molecule has 3 N–H and O–H groups in total. The maximum Gasteiger partial charge on any atom is 0.341 e. The number of unbranched alkanes of at least 4 members (excludes halogenated alkanes) is 4. The highest BCUT2D eigenvalue weighted by atomic mass is 16.6. The molecular formula is C19H28O6. The highest BCUT2D eigenvalue weighted by Crippen LogP contribution is 2.32. The molecule has 1 rings (SSSR count). The van der Waals surface area contributed by atoms with Gasteiger partial charge in [0.05, 0.1) is 0 Å². The van der Waals surface area contributed by atoms with Crippen molar-refractivity contribution in [2.45, 2.75) is 64.7 Å². The third-order valence-electron chi connectivity index (χ3n) is 4.32. The number of aliphatic hydroxyl groups excluding tert-OH is 2. The molecule has 25 heavy (non-hydrogen) atoms. The Balaban J connectivity index is 2.48. The fourth-order valence-electron chi connectivity index (χ4n) is 2.90. The predicted octanol–water partition coefficient (Wildman–Crippen LogP) is 3.72. The molecule has 0 radical (unpaired) electrons. The molecule has 0 aromatic heterocycles. The van der Waals surface area contributed by atoms with Crippen LogP contribution in [0.5, 0.6) is 0 Å². The summed E-state index contributed by atoms with van der Waals surface area (Å²) < 4.78 is 4.52. The smallest absolute Gasteiger partial charge is 0.341 e. The van der Waals surface area contributed by atoms with Crippen LogP contribution in [-0.2, 0) is 14.3 Å². The molecule has 1 aliphatic rings. The van der Waals surface area contributed by atoms with E-state index in [2.05, 4.69) is 23.5 Å². The van der Waals surface area contributed by atoms with Crippen LogP contribution in [0.15, 0.2) is 11.7 Å². The lowest BCUT2D eigenvalue weighted by molar-refractivity contribution is -0.142. The van der Waals surface area contributed by atoms with Gasteiger partial charge in [0.25, 0.3) is 0 Å². The summed E-state index contributed by atoms with van der Waals surface area (Å²) in [6.45, 7) is 1.43. The van der Waals surface area contributed by atoms with E-state index >= 15 is 0 Å². The van der Waals surface area contributed by atoms with E-state index in [0.29, 0.717) is 12.8 Å². The van der Waals surface area contributed by atoms with Crippen LogP contribution in [0.3, 0.4) is 0 Å². The molecular weight excluding hydrogens is 324 g/mol. The molecule has 0 aromatic carbocycles. The Morgan fingerprint density at radius 3 is 2.68 bits per heavy atom. The molecule has 0 heterocycles. The molecule has 0 unspecified atom stereocenters. The fourth-order valence-corrected chi connectivity index (χ4v) is 2.90. The van der Waals surface area contributed by atoms with Crippen molar-refractivity contribution in [1.82, 2.24) is 0 Å². The summed E-state index contributed by atoms with van der Waals surface area (Å²) in [5, 5.41) is 27.6. The van der Waals surface area contributed by atoms with Crippen molar-refractivity contribution < 1.29 is 29.6 Å². The third kappa shape index (κ3) is 7.97. The summed E-state index contributed by atoms with van der Waals surface area (Å²) in [4.78, 5) is 22.4. The number of ketones is 1. The van der Waals surface area contributed by atoms with Gasteiger partial charge >= 0.3 is 11.9 Å². The van der Waals surface area contributed by atoms with E-state index in [1.54, 1.807) is 0 Å². The lowest BCUT2D eigenvalue weighted by atomic mass is 9.91. The minimum Gasteiger partial charge on any atom is -0.506 e. The minimum atomic E-state index is -1.25. The van der Waals surface area contributed by atoms with Gasteiger partial charge in [-0.2, -0.15) is 0 Å². The zero-order chi connectivity index (χ0) is 18.7. The second-order valence-corrected chi connectivity index (χ2v) is 6.32. The van der Waals surface area contributed by atoms with E-state index < -0.39 is 24.3 Å². The monoisotopic (exact) mass is 352 g/mol. The fraction of sp³-hybridized carbons (Fsp3) is 0.684. The summed E-state index contributed by atoms with van der Waals surface area (Å²) in [7, 11) is 0. The summed E-state index contributed by atoms with van der Waals surface area (Å²) in [5.41, 5.74) is 0. The van der Waals surface area contributed by atoms with Gasteiger partial charge in [-0.3, -0.25) is 4.79 Å². The maximum atomic E-state index is 12.0. The van der Waals surface area contributed by atoms with Gasteiger partial charge in [0.1, 0.15) is 5.78 Å². The van der Waals surface area contributed by atoms with Crippen molar-refractivity contribution in [2.24, 2.45) is 11.8 Å². The van der Waals surface area contributed by atoms with E-state index in [9.17, 15) is 19.8 Å². The molecule has 1 fully saturated rings. The van der Waals surface area contributed by atoms with E-state index in [1.165, 1.54) is 19.3 Å². The normalized spacial score (nSPS) is 20.6. The molecule has 6 nitrogen and oxygen atoms in total. The second-order valence-electron chi connectivity index (χ2n) is 6.32. The number of rotatable bonds is 10. The Bertz CT molecular complexity index is 540. The van der Waals surface area contributed by atoms with Crippen molar-refractivity contribution in [3.05, 3.63) is 11.7 Å². The zero-order valence-electron chi connectivity index (χ0n) is 14.8. The quantitative estimate of drug-likeness (QED) is 0.314. The van der Waals surface area contributed by atoms with Crippen LogP contribution >= 0.6 is 0 Å². The SMILES string of the molecule is CCCCCCC#C[C@H]1CCC(=O)[C@@H]1CCC(O)=C(O)OCC(=O)O. The topological polar surface area (TPSA) is 104 Å². The van der Waals surface area contributed by atoms with Crippen LogP contribution in [0.25, 0.3) is 0 Å². The number of carboxylic acids is 1. The average Bonchev–Trinajstić information content (AvgIpc) is 2.93. The maximum absolute atomic E-state index is 12.0. The number of carboxylic acid groups (broad SMARTS) is 1. The van der Waals surface area contributed by atoms with Gasteiger partial charge in [0.15, 0.2) is 12.4 Å². The molecule has 0 bridgehead atoms. The minimum absolute atomic E-state index is 0.00597. The first kappa shape index (κ1) is 20.9. The first-order chi connectivity index (χ1) is 12.0. The Hall–Kier alpha value is -2.16. The number of hydrogen-bond acceptors (Lipinski definition) is 5. The van der Waals surface area contributed by atoms with Crippen LogP contribution in [0.4, 0.5) is 0 Å². The van der Waals surface area contributed by atoms with Crippen molar-refractivity contribution in [2.75, 3.05) is 6.61 Å². The Kier molecular flexibility index (Phi) is 9.53. The van der Waals surface area contributed by atoms with Crippen LogP contribution < -0.4 is 0 Å². The van der Waals surface area contributed by atoms with Gasteiger partial charge in [-0.25, -0.2) is 4.79 Å². The van der Waals surface area contributed by atoms with Gasteiger partial charge < -0.3 is 20.1 Å². The largest absolute Gasteiger partial charge is 0.506 e. The van der Waals surface area contributed by atoms with E-state index in [4.69, 9.17) is 5.11 Å². The van der Waals surface area contributed by atoms with Crippen LogP contribution in [0, 0.1) is 23.7 Å². The molecule has 1 aliphatic carbocycles. The molecule has 1 saturated carbocycles. The van der Waals surface area contributed by atoms with E-state index in [-0.39, 0.29) is 24.0 Å². The summed E-state index contributed by atoms with van der Waals surface area (Å²) in [6, 6.07) is 0. The molecule has 0 aromatic rings. The van der Waals surface area contributed by atoms with Gasteiger partial charge in [0.2, 0.25) is 0 Å². The van der Waals surface area contributed by atoms with E-state index in [1.807, 2.05) is 0 Å². The van der Waals surface area contributed by atoms with Gasteiger partial charge in [-0.05, 0) is 19.3 Å². The van der Waals surface area contributed by atoms with Crippen LogP contribution in [0.1, 0.15) is 64.7 Å². The van der Waals surface area contributed by atoms with Crippen molar-refractivity contribution >= 4 is 11.8 Å². The van der Waals surface area contributed by atoms with Crippen LogP contribution in [0.2, 0.25) is 0 Å². The first-order valence-electron chi connectivity index (χ1n) is 8.92. The lowest BCUT2D eigenvalue weighted by Gasteiger charge is -2.13. The summed E-state index contributed by atoms with van der Waals surface area (Å²) in [5.74, 6) is 3.74. The Morgan fingerprint density at radius 1 is 1.24 bits per heavy atom. The second kappa shape index (κ2) is 11.4. The van der Waals surface area contributed by atoms with Gasteiger partial charge in [-0.15, -0.1) is 5.92 Å². The number of carbonyl (C=O) groups is 2. The molecule has 140 valence electrons. The standard InChI is InChI=1S/C19H28O6/c1-2-3-4-5-6-7-8-14-9-11-16(20)15(14)10-12-17(21)19(24)25-13-18(22)23/h14-15,21,24H,2-6,9-13H2,1H3,(H,22,23)/t14-,15+/m0/s1. The molecule has 0 aliphatic heterocycles. The van der Waals surface area contributed by atoms with Crippen LogP contribution in [-0.4, -0.2) is 33.7 Å². The highest BCUT2D eigenvalue weighted by molar-refractivity contribution is 5.84. The van der Waals surface area contributed by atoms with E-state index in [0.717, 1.165) is 19.3 Å². The van der Waals surface area contributed by atoms with Crippen molar-refractivity contribution in [1.29, 1.82) is 0 Å². The number of carbonyl (C=O) groups excluding carboxylic acids is 1. The van der Waals surface area contributed by atoms with Gasteiger partial charge in [0, 0.05) is 31.1 Å². The lowest BCUT2D eigenvalue weighted by Crippen LogP contribution is -2.14. The molecule has 0 saturated heterocycles. The number of ether oxygens (including phenoxy) is 1. The highest BCUT2D eigenvalue weighted by Gasteiger charge is 2.33. The molecule has 2 atom stereocenters. The summed E-state index contributed by atoms with van der Waals surface area (Å²) >= 11 is 0.